The number of hydrogen-bond donors (Lipinski definition) is 0. The molecule has 0 radical (unpaired) electrons. The van der Waals surface area contributed by atoms with Gasteiger partial charge in [-0.2, -0.15) is 0 Å². The Kier molecular flexibility index (Phi) is 44.8. The fourth-order valence-corrected chi connectivity index (χ4v) is 5.59. The average Bonchev–Trinajstić information content (AvgIpc) is 2.97. The van der Waals surface area contributed by atoms with Crippen LogP contribution in [0.3, 0.4) is 0 Å². The van der Waals surface area contributed by atoms with Crippen LogP contribution >= 0.6 is 0 Å². The molecule has 0 saturated carbocycles. The summed E-state index contributed by atoms with van der Waals surface area (Å²) in [5.74, 6) is -1.20. The van der Waals surface area contributed by atoms with Crippen molar-refractivity contribution < 1.29 is 62.8 Å². The van der Waals surface area contributed by atoms with Crippen LogP contribution < -0.4 is 0 Å². The molecule has 0 fully saturated rings. The second kappa shape index (κ2) is 40.9. The Morgan fingerprint density at radius 1 is 0.318 bits per heavy atom. The zero-order chi connectivity index (χ0) is 30.8. The fraction of sp³-hybridized carbons (Fsp3) is 0.919. The standard InChI is InChI=1S/C37H70O5.2Zn/c1-3-5-7-9-11-13-15-17-19-21-23-25-27-29-31-33-35(38)41-37(40)42-36(39)34-32-30-28-26-24-22-20-18-16-14-12-10-8-6-4-2;;/h3-34H2,1-2H3;;. The molecule has 0 bridgehead atoms. The van der Waals surface area contributed by atoms with Crippen LogP contribution in [0.4, 0.5) is 4.79 Å². The second-order valence-electron chi connectivity index (χ2n) is 12.6. The number of unbranched alkanes of at least 4 members (excludes halogenated alkanes) is 28. The van der Waals surface area contributed by atoms with Crippen molar-refractivity contribution in [3.8, 4) is 0 Å². The third-order valence-electron chi connectivity index (χ3n) is 8.36. The Bertz CT molecular complexity index is 565. The summed E-state index contributed by atoms with van der Waals surface area (Å²) >= 11 is 0. The van der Waals surface area contributed by atoms with Crippen molar-refractivity contribution in [2.75, 3.05) is 0 Å². The van der Waals surface area contributed by atoms with Gasteiger partial charge in [0.1, 0.15) is 0 Å². The first-order valence-corrected chi connectivity index (χ1v) is 18.6. The minimum Gasteiger partial charge on any atom is -0.360 e. The van der Waals surface area contributed by atoms with Crippen molar-refractivity contribution in [2.45, 2.75) is 219 Å². The maximum absolute atomic E-state index is 11.8. The van der Waals surface area contributed by atoms with Gasteiger partial charge < -0.3 is 9.47 Å². The van der Waals surface area contributed by atoms with Crippen molar-refractivity contribution in [3.63, 3.8) is 0 Å². The van der Waals surface area contributed by atoms with E-state index < -0.39 is 18.1 Å². The molecular weight excluding hydrogens is 655 g/mol. The molecule has 0 atom stereocenters. The minimum atomic E-state index is -1.17. The Morgan fingerprint density at radius 2 is 0.500 bits per heavy atom. The van der Waals surface area contributed by atoms with Crippen molar-refractivity contribution in [1.29, 1.82) is 0 Å². The average molecular weight is 726 g/mol. The molecule has 0 rings (SSSR count). The molecule has 252 valence electrons. The van der Waals surface area contributed by atoms with Gasteiger partial charge in [-0.3, -0.25) is 9.59 Å². The molecule has 0 N–H and O–H groups in total. The molecule has 0 aliphatic rings. The molecule has 0 aliphatic heterocycles. The van der Waals surface area contributed by atoms with Crippen molar-refractivity contribution in [1.82, 2.24) is 0 Å². The molecule has 0 aromatic heterocycles. The van der Waals surface area contributed by atoms with E-state index >= 15 is 0 Å². The third kappa shape index (κ3) is 39.9. The Labute approximate surface area is 298 Å². The molecule has 0 unspecified atom stereocenters. The van der Waals surface area contributed by atoms with Gasteiger partial charge in [-0.05, 0) is 12.8 Å². The van der Waals surface area contributed by atoms with E-state index in [0.29, 0.717) is 12.8 Å². The van der Waals surface area contributed by atoms with Gasteiger partial charge in [0.2, 0.25) is 0 Å². The normalized spacial score (nSPS) is 10.6. The molecule has 0 aromatic rings. The summed E-state index contributed by atoms with van der Waals surface area (Å²) < 4.78 is 9.30. The molecular formula is C37H70O5Zn2. The molecule has 0 saturated heterocycles. The first kappa shape index (κ1) is 48.3. The number of carbonyl (C=O) groups excluding carboxylic acids is 3. The second-order valence-corrected chi connectivity index (χ2v) is 12.6. The predicted molar refractivity (Wildman–Crippen MR) is 177 cm³/mol. The molecule has 0 heterocycles. The Balaban J connectivity index is -0.00000840. The van der Waals surface area contributed by atoms with Crippen LogP contribution in [0.5, 0.6) is 0 Å². The van der Waals surface area contributed by atoms with E-state index in [0.717, 1.165) is 25.7 Å². The molecule has 5 nitrogen and oxygen atoms in total. The maximum Gasteiger partial charge on any atom is 0.524 e. The summed E-state index contributed by atoms with van der Waals surface area (Å²) in [7, 11) is 0. The Hall–Kier alpha value is -0.143. The van der Waals surface area contributed by atoms with Crippen molar-refractivity contribution >= 4 is 18.1 Å². The summed E-state index contributed by atoms with van der Waals surface area (Å²) in [5.41, 5.74) is 0. The van der Waals surface area contributed by atoms with Gasteiger partial charge in [0.15, 0.2) is 0 Å². The zero-order valence-corrected chi connectivity index (χ0v) is 35.5. The first-order chi connectivity index (χ1) is 20.6. The van der Waals surface area contributed by atoms with Crippen LogP contribution in [0, 0.1) is 0 Å². The maximum atomic E-state index is 11.8. The van der Waals surface area contributed by atoms with E-state index in [1.807, 2.05) is 0 Å². The molecule has 0 spiro atoms. The van der Waals surface area contributed by atoms with Gasteiger partial charge in [0, 0.05) is 51.8 Å². The molecule has 44 heavy (non-hydrogen) atoms. The summed E-state index contributed by atoms with van der Waals surface area (Å²) in [6.07, 6.45) is 37.0. The molecule has 7 heteroatoms. The smallest absolute Gasteiger partial charge is 0.360 e. The SMILES string of the molecule is CCCCCCCCCCCCCCCCCC(=O)OC(=O)OC(=O)CCCCCCCCCCCCCCCCC.[Zn].[Zn]. The van der Waals surface area contributed by atoms with Gasteiger partial charge in [0.05, 0.1) is 0 Å². The molecule has 0 aromatic carbocycles. The van der Waals surface area contributed by atoms with Crippen molar-refractivity contribution in [2.24, 2.45) is 0 Å². The van der Waals surface area contributed by atoms with E-state index in [-0.39, 0.29) is 51.8 Å². The Morgan fingerprint density at radius 3 is 0.705 bits per heavy atom. The van der Waals surface area contributed by atoms with E-state index in [2.05, 4.69) is 23.3 Å². The van der Waals surface area contributed by atoms with Crippen LogP contribution in [0.2, 0.25) is 0 Å². The number of rotatable bonds is 32. The summed E-state index contributed by atoms with van der Waals surface area (Å²) in [5, 5.41) is 0. The largest absolute Gasteiger partial charge is 0.524 e. The first-order valence-electron chi connectivity index (χ1n) is 18.6. The van der Waals surface area contributed by atoms with Gasteiger partial charge in [-0.1, -0.05) is 194 Å². The van der Waals surface area contributed by atoms with Crippen LogP contribution in [-0.4, -0.2) is 18.1 Å². The predicted octanol–water partition coefficient (Wildman–Crippen LogP) is 12.7. The molecule has 0 aliphatic carbocycles. The van der Waals surface area contributed by atoms with Crippen LogP contribution in [0.25, 0.3) is 0 Å². The number of ether oxygens (including phenoxy) is 2. The third-order valence-corrected chi connectivity index (χ3v) is 8.36. The van der Waals surface area contributed by atoms with Crippen LogP contribution in [0.1, 0.15) is 219 Å². The summed E-state index contributed by atoms with van der Waals surface area (Å²) in [6, 6.07) is 0. The van der Waals surface area contributed by atoms with Gasteiger partial charge >= 0.3 is 18.1 Å². The number of esters is 2. The monoisotopic (exact) mass is 722 g/mol. The quantitative estimate of drug-likeness (QED) is 0.0299. The van der Waals surface area contributed by atoms with Crippen LogP contribution in [-0.2, 0) is 58.0 Å². The van der Waals surface area contributed by atoms with E-state index in [1.165, 1.54) is 154 Å². The number of hydrogen-bond acceptors (Lipinski definition) is 5. The van der Waals surface area contributed by atoms with E-state index in [1.54, 1.807) is 0 Å². The van der Waals surface area contributed by atoms with Gasteiger partial charge in [0.25, 0.3) is 0 Å². The van der Waals surface area contributed by atoms with Gasteiger partial charge in [-0.15, -0.1) is 0 Å². The van der Waals surface area contributed by atoms with E-state index in [4.69, 9.17) is 0 Å². The van der Waals surface area contributed by atoms with Gasteiger partial charge in [-0.25, -0.2) is 4.79 Å². The fourth-order valence-electron chi connectivity index (χ4n) is 5.59. The zero-order valence-electron chi connectivity index (χ0n) is 29.6. The van der Waals surface area contributed by atoms with Crippen molar-refractivity contribution in [3.05, 3.63) is 0 Å². The number of carbonyl (C=O) groups is 3. The summed E-state index contributed by atoms with van der Waals surface area (Å²) in [6.45, 7) is 4.53. The topological polar surface area (TPSA) is 69.7 Å². The minimum absolute atomic E-state index is 0. The molecule has 0 amide bonds. The summed E-state index contributed by atoms with van der Waals surface area (Å²) in [4.78, 5) is 35.4. The van der Waals surface area contributed by atoms with E-state index in [9.17, 15) is 14.4 Å². The van der Waals surface area contributed by atoms with Crippen LogP contribution in [0.15, 0.2) is 0 Å².